The predicted octanol–water partition coefficient (Wildman–Crippen LogP) is 1.66. The highest BCUT2D eigenvalue weighted by atomic mass is 16.7. The van der Waals surface area contributed by atoms with Gasteiger partial charge in [0.1, 0.15) is 0 Å². The molecule has 2 atom stereocenters. The van der Waals surface area contributed by atoms with E-state index >= 15 is 0 Å². The number of amides is 1. The van der Waals surface area contributed by atoms with Crippen LogP contribution in [0.5, 0.6) is 11.5 Å². The second kappa shape index (κ2) is 4.74. The number of hydrogen-bond donors (Lipinski definition) is 0. The number of fused-ring (bicyclic) bond motifs is 1. The van der Waals surface area contributed by atoms with E-state index in [1.165, 1.54) is 0 Å². The van der Waals surface area contributed by atoms with Crippen LogP contribution in [0.25, 0.3) is 0 Å². The number of benzene rings is 1. The third-order valence-electron chi connectivity index (χ3n) is 3.52. The number of carbonyl (C=O) groups excluding carboxylic acids is 1. The first kappa shape index (κ1) is 12.3. The molecular formula is C14H17NO4. The van der Waals surface area contributed by atoms with E-state index in [-0.39, 0.29) is 24.8 Å². The van der Waals surface area contributed by atoms with Gasteiger partial charge in [0.05, 0.1) is 25.3 Å². The summed E-state index contributed by atoms with van der Waals surface area (Å²) in [7, 11) is 0. The van der Waals surface area contributed by atoms with Crippen molar-refractivity contribution in [2.75, 3.05) is 20.0 Å². The smallest absolute Gasteiger partial charge is 0.254 e. The van der Waals surface area contributed by atoms with Crippen molar-refractivity contribution >= 4 is 5.91 Å². The Labute approximate surface area is 112 Å². The van der Waals surface area contributed by atoms with Gasteiger partial charge in [-0.2, -0.15) is 0 Å². The van der Waals surface area contributed by atoms with Crippen LogP contribution in [0.3, 0.4) is 0 Å². The van der Waals surface area contributed by atoms with Gasteiger partial charge < -0.3 is 19.1 Å². The summed E-state index contributed by atoms with van der Waals surface area (Å²) in [6.45, 7) is 5.39. The van der Waals surface area contributed by atoms with Crippen LogP contribution in [0, 0.1) is 0 Å². The first-order valence-corrected chi connectivity index (χ1v) is 6.47. The Bertz CT molecular complexity index is 492. The highest BCUT2D eigenvalue weighted by Crippen LogP contribution is 2.33. The summed E-state index contributed by atoms with van der Waals surface area (Å²) in [6.07, 6.45) is 0. The van der Waals surface area contributed by atoms with E-state index < -0.39 is 0 Å². The van der Waals surface area contributed by atoms with Gasteiger partial charge in [-0.3, -0.25) is 4.79 Å². The molecule has 5 heteroatoms. The van der Waals surface area contributed by atoms with Crippen LogP contribution in [0.2, 0.25) is 0 Å². The minimum Gasteiger partial charge on any atom is -0.454 e. The molecule has 0 bridgehead atoms. The summed E-state index contributed by atoms with van der Waals surface area (Å²) in [5.74, 6) is 1.35. The van der Waals surface area contributed by atoms with Crippen LogP contribution in [0.1, 0.15) is 24.2 Å². The number of ether oxygens (including phenoxy) is 3. The summed E-state index contributed by atoms with van der Waals surface area (Å²) >= 11 is 0. The van der Waals surface area contributed by atoms with Gasteiger partial charge in [-0.1, -0.05) is 0 Å². The minimum atomic E-state index is 0.0154. The van der Waals surface area contributed by atoms with Gasteiger partial charge in [-0.15, -0.1) is 0 Å². The van der Waals surface area contributed by atoms with Crippen LogP contribution in [0.15, 0.2) is 18.2 Å². The molecule has 0 spiro atoms. The second-order valence-corrected chi connectivity index (χ2v) is 5.02. The number of nitrogens with zero attached hydrogens (tertiary/aromatic N) is 1. The normalized spacial score (nSPS) is 25.5. The Balaban J connectivity index is 1.86. The number of carbonyl (C=O) groups is 1. The maximum atomic E-state index is 12.6. The van der Waals surface area contributed by atoms with Crippen LogP contribution < -0.4 is 9.47 Å². The summed E-state index contributed by atoms with van der Waals surface area (Å²) in [6, 6.07) is 5.48. The lowest BCUT2D eigenvalue weighted by Crippen LogP contribution is -2.52. The quantitative estimate of drug-likeness (QED) is 0.773. The lowest BCUT2D eigenvalue weighted by Gasteiger charge is -2.38. The zero-order chi connectivity index (χ0) is 13.4. The lowest BCUT2D eigenvalue weighted by molar-refractivity contribution is -0.0249. The molecule has 0 radical (unpaired) electrons. The maximum Gasteiger partial charge on any atom is 0.254 e. The van der Waals surface area contributed by atoms with Gasteiger partial charge in [0.25, 0.3) is 5.91 Å². The Hall–Kier alpha value is -1.75. The van der Waals surface area contributed by atoms with Gasteiger partial charge in [0, 0.05) is 5.56 Å². The summed E-state index contributed by atoms with van der Waals surface area (Å²) in [5.41, 5.74) is 0.629. The van der Waals surface area contributed by atoms with E-state index in [9.17, 15) is 4.79 Å². The molecule has 5 nitrogen and oxygen atoms in total. The SMILES string of the molecule is CC1COCC(C)N1C(=O)c1ccc2c(c1)OCO2. The predicted molar refractivity (Wildman–Crippen MR) is 68.5 cm³/mol. The molecule has 102 valence electrons. The fourth-order valence-electron chi connectivity index (χ4n) is 2.58. The molecule has 19 heavy (non-hydrogen) atoms. The molecule has 2 unspecified atom stereocenters. The molecule has 1 aromatic rings. The van der Waals surface area contributed by atoms with Gasteiger partial charge in [-0.25, -0.2) is 0 Å². The van der Waals surface area contributed by atoms with E-state index in [1.807, 2.05) is 18.7 Å². The molecule has 0 aromatic heterocycles. The van der Waals surface area contributed by atoms with Gasteiger partial charge in [0.2, 0.25) is 6.79 Å². The third-order valence-corrected chi connectivity index (χ3v) is 3.52. The standard InChI is InChI=1S/C14H17NO4/c1-9-6-17-7-10(2)15(9)14(16)11-3-4-12-13(5-11)19-8-18-12/h3-5,9-10H,6-8H2,1-2H3. The Morgan fingerprint density at radius 2 is 1.84 bits per heavy atom. The van der Waals surface area contributed by atoms with Gasteiger partial charge >= 0.3 is 0 Å². The molecule has 3 rings (SSSR count). The summed E-state index contributed by atoms with van der Waals surface area (Å²) < 4.78 is 16.0. The molecule has 2 aliphatic rings. The van der Waals surface area contributed by atoms with Crippen LogP contribution in [-0.2, 0) is 4.74 Å². The average molecular weight is 263 g/mol. The van der Waals surface area contributed by atoms with E-state index in [0.29, 0.717) is 30.3 Å². The Morgan fingerprint density at radius 3 is 2.58 bits per heavy atom. The maximum absolute atomic E-state index is 12.6. The number of morpholine rings is 1. The zero-order valence-corrected chi connectivity index (χ0v) is 11.1. The van der Waals surface area contributed by atoms with Crippen LogP contribution in [0.4, 0.5) is 0 Å². The van der Waals surface area contributed by atoms with Gasteiger partial charge in [0.15, 0.2) is 11.5 Å². The van der Waals surface area contributed by atoms with E-state index in [1.54, 1.807) is 18.2 Å². The second-order valence-electron chi connectivity index (χ2n) is 5.02. The molecule has 1 aromatic carbocycles. The minimum absolute atomic E-state index is 0.0154. The van der Waals surface area contributed by atoms with Crippen molar-refractivity contribution in [3.05, 3.63) is 23.8 Å². The van der Waals surface area contributed by atoms with E-state index in [2.05, 4.69) is 0 Å². The van der Waals surface area contributed by atoms with Crippen molar-refractivity contribution < 1.29 is 19.0 Å². The highest BCUT2D eigenvalue weighted by molar-refractivity contribution is 5.95. The van der Waals surface area contributed by atoms with Crippen molar-refractivity contribution in [2.45, 2.75) is 25.9 Å². The first-order valence-electron chi connectivity index (χ1n) is 6.47. The molecule has 2 heterocycles. The van der Waals surface area contributed by atoms with Crippen molar-refractivity contribution in [2.24, 2.45) is 0 Å². The van der Waals surface area contributed by atoms with Gasteiger partial charge in [-0.05, 0) is 32.0 Å². The van der Waals surface area contributed by atoms with Crippen molar-refractivity contribution in [3.63, 3.8) is 0 Å². The Kier molecular flexibility index (Phi) is 3.06. The largest absolute Gasteiger partial charge is 0.454 e. The number of rotatable bonds is 1. The topological polar surface area (TPSA) is 48.0 Å². The summed E-state index contributed by atoms with van der Waals surface area (Å²) in [5, 5.41) is 0. The van der Waals surface area contributed by atoms with E-state index in [0.717, 1.165) is 0 Å². The molecule has 1 fully saturated rings. The zero-order valence-electron chi connectivity index (χ0n) is 11.1. The first-order chi connectivity index (χ1) is 9.16. The molecule has 0 saturated carbocycles. The lowest BCUT2D eigenvalue weighted by atomic mass is 10.1. The molecule has 0 aliphatic carbocycles. The highest BCUT2D eigenvalue weighted by Gasteiger charge is 2.31. The van der Waals surface area contributed by atoms with Crippen molar-refractivity contribution in [3.8, 4) is 11.5 Å². The van der Waals surface area contributed by atoms with Crippen molar-refractivity contribution in [1.29, 1.82) is 0 Å². The molecule has 1 saturated heterocycles. The molecule has 0 N–H and O–H groups in total. The Morgan fingerprint density at radius 1 is 1.16 bits per heavy atom. The van der Waals surface area contributed by atoms with Crippen LogP contribution in [-0.4, -0.2) is 42.9 Å². The molecule has 2 aliphatic heterocycles. The van der Waals surface area contributed by atoms with E-state index in [4.69, 9.17) is 14.2 Å². The monoisotopic (exact) mass is 263 g/mol. The summed E-state index contributed by atoms with van der Waals surface area (Å²) in [4.78, 5) is 14.5. The average Bonchev–Trinajstić information content (AvgIpc) is 2.85. The fourth-order valence-corrected chi connectivity index (χ4v) is 2.58. The molecule has 1 amide bonds. The third kappa shape index (κ3) is 2.14. The fraction of sp³-hybridized carbons (Fsp3) is 0.500. The van der Waals surface area contributed by atoms with Crippen LogP contribution >= 0.6 is 0 Å². The number of hydrogen-bond acceptors (Lipinski definition) is 4. The molecular weight excluding hydrogens is 246 g/mol. The van der Waals surface area contributed by atoms with Crippen molar-refractivity contribution in [1.82, 2.24) is 4.90 Å².